The van der Waals surface area contributed by atoms with E-state index in [2.05, 4.69) is 25.6 Å². The number of anilines is 1. The molecule has 0 radical (unpaired) electrons. The molecule has 2 aromatic rings. The van der Waals surface area contributed by atoms with Crippen LogP contribution in [0.5, 0.6) is 0 Å². The second-order valence-corrected chi connectivity index (χ2v) is 3.64. The van der Waals surface area contributed by atoms with Crippen LogP contribution in [0.25, 0.3) is 0 Å². The Balaban J connectivity index is 1.78. The molecule has 0 aliphatic heterocycles. The molecule has 0 spiro atoms. The minimum Gasteiger partial charge on any atom is -0.354 e. The average molecular weight is 234 g/mol. The Bertz CT molecular complexity index is 518. The predicted molar refractivity (Wildman–Crippen MR) is 62.7 cm³/mol. The van der Waals surface area contributed by atoms with E-state index in [0.29, 0.717) is 18.2 Å². The molecule has 17 heavy (non-hydrogen) atoms. The van der Waals surface area contributed by atoms with Gasteiger partial charge in [-0.3, -0.25) is 14.5 Å². The molecule has 2 aromatic heterocycles. The van der Waals surface area contributed by atoms with Crippen molar-refractivity contribution in [1.82, 2.24) is 25.0 Å². The van der Waals surface area contributed by atoms with Crippen molar-refractivity contribution in [3.8, 4) is 0 Å². The Kier molecular flexibility index (Phi) is 3.49. The van der Waals surface area contributed by atoms with Gasteiger partial charge in [0.05, 0.1) is 0 Å². The standard InChI is InChI=1S/C10H14N6O/c1-8-9(17)13-10(15-14-8)11-4-2-6-16-7-3-5-12-16/h3,5,7H,2,4,6H2,1H3,(H2,11,13,15,17). The fourth-order valence-electron chi connectivity index (χ4n) is 1.35. The highest BCUT2D eigenvalue weighted by Crippen LogP contribution is 1.93. The van der Waals surface area contributed by atoms with Crippen LogP contribution in [0, 0.1) is 6.92 Å². The number of nitrogens with one attached hydrogen (secondary N) is 2. The normalized spacial score (nSPS) is 10.4. The lowest BCUT2D eigenvalue weighted by Crippen LogP contribution is -2.18. The van der Waals surface area contributed by atoms with E-state index in [9.17, 15) is 4.79 Å². The second-order valence-electron chi connectivity index (χ2n) is 3.64. The van der Waals surface area contributed by atoms with Crippen LogP contribution < -0.4 is 10.9 Å². The zero-order valence-electron chi connectivity index (χ0n) is 9.55. The maximum absolute atomic E-state index is 11.2. The summed E-state index contributed by atoms with van der Waals surface area (Å²) in [6.07, 6.45) is 4.54. The van der Waals surface area contributed by atoms with Gasteiger partial charge in [0.15, 0.2) is 0 Å². The summed E-state index contributed by atoms with van der Waals surface area (Å²) in [6, 6.07) is 1.89. The van der Waals surface area contributed by atoms with E-state index in [1.165, 1.54) is 0 Å². The summed E-state index contributed by atoms with van der Waals surface area (Å²) in [4.78, 5) is 13.9. The quantitative estimate of drug-likeness (QED) is 0.720. The third-order valence-electron chi connectivity index (χ3n) is 2.28. The van der Waals surface area contributed by atoms with Gasteiger partial charge in [-0.05, 0) is 19.4 Å². The molecule has 0 fully saturated rings. The zero-order chi connectivity index (χ0) is 12.1. The van der Waals surface area contributed by atoms with E-state index in [1.54, 1.807) is 13.1 Å². The molecule has 0 unspecified atom stereocenters. The van der Waals surface area contributed by atoms with Crippen molar-refractivity contribution >= 4 is 5.95 Å². The van der Waals surface area contributed by atoms with Gasteiger partial charge in [0.25, 0.3) is 5.56 Å². The van der Waals surface area contributed by atoms with Crippen LogP contribution in [-0.2, 0) is 6.54 Å². The second kappa shape index (κ2) is 5.24. The van der Waals surface area contributed by atoms with Crippen LogP contribution in [0.3, 0.4) is 0 Å². The molecule has 7 nitrogen and oxygen atoms in total. The molecule has 90 valence electrons. The van der Waals surface area contributed by atoms with Gasteiger partial charge >= 0.3 is 0 Å². The van der Waals surface area contributed by atoms with Gasteiger partial charge in [-0.2, -0.15) is 5.10 Å². The fourth-order valence-corrected chi connectivity index (χ4v) is 1.35. The fraction of sp³-hybridized carbons (Fsp3) is 0.400. The Morgan fingerprint density at radius 3 is 3.06 bits per heavy atom. The maximum atomic E-state index is 11.2. The molecule has 2 rings (SSSR count). The van der Waals surface area contributed by atoms with Gasteiger partial charge in [-0.25, -0.2) is 0 Å². The number of hydrogen-bond donors (Lipinski definition) is 2. The lowest BCUT2D eigenvalue weighted by molar-refractivity contribution is 0.590. The van der Waals surface area contributed by atoms with Crippen molar-refractivity contribution in [3.05, 3.63) is 34.5 Å². The highest BCUT2D eigenvalue weighted by atomic mass is 16.1. The number of aromatic nitrogens is 5. The smallest absolute Gasteiger partial charge is 0.273 e. The Hall–Kier alpha value is -2.18. The first-order valence-corrected chi connectivity index (χ1v) is 5.40. The predicted octanol–water partition coefficient (Wildman–Crippen LogP) is 0.172. The third kappa shape index (κ3) is 3.13. The van der Waals surface area contributed by atoms with E-state index in [4.69, 9.17) is 0 Å². The van der Waals surface area contributed by atoms with Crippen LogP contribution in [0.2, 0.25) is 0 Å². The molecule has 0 aromatic carbocycles. The van der Waals surface area contributed by atoms with Crippen molar-refractivity contribution in [2.75, 3.05) is 11.9 Å². The molecule has 2 heterocycles. The molecule has 0 bridgehead atoms. The summed E-state index contributed by atoms with van der Waals surface area (Å²) in [5.74, 6) is 0.404. The first kappa shape index (κ1) is 11.3. The Morgan fingerprint density at radius 1 is 1.47 bits per heavy atom. The molecule has 7 heteroatoms. The summed E-state index contributed by atoms with van der Waals surface area (Å²) in [6.45, 7) is 3.14. The van der Waals surface area contributed by atoms with Crippen LogP contribution in [0.4, 0.5) is 5.95 Å². The molecule has 0 aliphatic carbocycles. The van der Waals surface area contributed by atoms with E-state index in [-0.39, 0.29) is 5.56 Å². The third-order valence-corrected chi connectivity index (χ3v) is 2.28. The number of nitrogens with zero attached hydrogens (tertiary/aromatic N) is 4. The molecule has 2 N–H and O–H groups in total. The molecule has 0 amide bonds. The highest BCUT2D eigenvalue weighted by molar-refractivity contribution is 5.20. The average Bonchev–Trinajstić information content (AvgIpc) is 2.82. The van der Waals surface area contributed by atoms with Gasteiger partial charge in [0, 0.05) is 25.5 Å². The molecule has 0 saturated heterocycles. The van der Waals surface area contributed by atoms with Gasteiger partial charge in [0.2, 0.25) is 5.95 Å². The Morgan fingerprint density at radius 2 is 2.35 bits per heavy atom. The number of aromatic amines is 1. The maximum Gasteiger partial charge on any atom is 0.273 e. The van der Waals surface area contributed by atoms with Crippen LogP contribution >= 0.6 is 0 Å². The number of aryl methyl sites for hydroxylation is 2. The van der Waals surface area contributed by atoms with Crippen molar-refractivity contribution in [2.45, 2.75) is 19.9 Å². The number of H-pyrrole nitrogens is 1. The lowest BCUT2D eigenvalue weighted by Gasteiger charge is -2.04. The lowest BCUT2D eigenvalue weighted by atomic mass is 10.4. The van der Waals surface area contributed by atoms with Crippen LogP contribution in [0.15, 0.2) is 23.3 Å². The van der Waals surface area contributed by atoms with E-state index >= 15 is 0 Å². The minimum absolute atomic E-state index is 0.213. The van der Waals surface area contributed by atoms with Crippen molar-refractivity contribution in [1.29, 1.82) is 0 Å². The van der Waals surface area contributed by atoms with Gasteiger partial charge in [-0.1, -0.05) is 0 Å². The zero-order valence-corrected chi connectivity index (χ0v) is 9.55. The van der Waals surface area contributed by atoms with E-state index in [1.807, 2.05) is 16.9 Å². The largest absolute Gasteiger partial charge is 0.354 e. The molecular weight excluding hydrogens is 220 g/mol. The van der Waals surface area contributed by atoms with Crippen molar-refractivity contribution in [3.63, 3.8) is 0 Å². The van der Waals surface area contributed by atoms with Crippen LogP contribution in [-0.4, -0.2) is 31.5 Å². The number of hydrogen-bond acceptors (Lipinski definition) is 5. The Labute approximate surface area is 97.9 Å². The van der Waals surface area contributed by atoms with Crippen LogP contribution in [0.1, 0.15) is 12.1 Å². The van der Waals surface area contributed by atoms with Crippen molar-refractivity contribution in [2.24, 2.45) is 0 Å². The minimum atomic E-state index is -0.213. The first-order valence-electron chi connectivity index (χ1n) is 5.40. The highest BCUT2D eigenvalue weighted by Gasteiger charge is 1.98. The SMILES string of the molecule is Cc1nnc(NCCCn2cccn2)[nH]c1=O. The number of rotatable bonds is 5. The van der Waals surface area contributed by atoms with E-state index < -0.39 is 0 Å². The summed E-state index contributed by atoms with van der Waals surface area (Å²) in [5.41, 5.74) is 0.154. The van der Waals surface area contributed by atoms with Gasteiger partial charge in [-0.15, -0.1) is 10.2 Å². The molecule has 0 atom stereocenters. The summed E-state index contributed by atoms with van der Waals surface area (Å²) in [7, 11) is 0. The molecule has 0 aliphatic rings. The molecule has 0 saturated carbocycles. The summed E-state index contributed by atoms with van der Waals surface area (Å²) >= 11 is 0. The first-order chi connectivity index (χ1) is 8.25. The summed E-state index contributed by atoms with van der Waals surface area (Å²) in [5, 5.41) is 14.7. The summed E-state index contributed by atoms with van der Waals surface area (Å²) < 4.78 is 1.85. The van der Waals surface area contributed by atoms with Gasteiger partial charge < -0.3 is 5.32 Å². The van der Waals surface area contributed by atoms with Gasteiger partial charge in [0.1, 0.15) is 5.69 Å². The monoisotopic (exact) mass is 234 g/mol. The molecular formula is C10H14N6O. The van der Waals surface area contributed by atoms with E-state index in [0.717, 1.165) is 13.0 Å². The topological polar surface area (TPSA) is 88.5 Å². The van der Waals surface area contributed by atoms with Crippen molar-refractivity contribution < 1.29 is 0 Å².